The van der Waals surface area contributed by atoms with Crippen molar-refractivity contribution in [2.45, 2.75) is 49.3 Å². The molecule has 4 aromatic rings. The minimum absolute atomic E-state index is 0.173. The Hall–Kier alpha value is -3.11. The summed E-state index contributed by atoms with van der Waals surface area (Å²) in [6, 6.07) is 15.5. The van der Waals surface area contributed by atoms with Crippen LogP contribution >= 0.6 is 11.6 Å². The summed E-state index contributed by atoms with van der Waals surface area (Å²) < 4.78 is 14.7. The van der Waals surface area contributed by atoms with Gasteiger partial charge in [-0.05, 0) is 93.3 Å². The lowest BCUT2D eigenvalue weighted by Gasteiger charge is -2.34. The maximum atomic E-state index is 13.6. The van der Waals surface area contributed by atoms with Crippen molar-refractivity contribution in [2.75, 3.05) is 43.4 Å². The van der Waals surface area contributed by atoms with Gasteiger partial charge in [0.1, 0.15) is 10.9 Å². The minimum atomic E-state index is -1.09. The topological polar surface area (TPSA) is 89.3 Å². The van der Waals surface area contributed by atoms with Crippen molar-refractivity contribution in [2.24, 2.45) is 0 Å². The van der Waals surface area contributed by atoms with Gasteiger partial charge in [0.15, 0.2) is 4.90 Å². The van der Waals surface area contributed by atoms with Crippen molar-refractivity contribution < 1.29 is 4.55 Å². The third-order valence-corrected chi connectivity index (χ3v) is 10.3. The number of nitrogens with one attached hydrogen (secondary N) is 1. The van der Waals surface area contributed by atoms with Gasteiger partial charge in [-0.2, -0.15) is 4.98 Å². The molecule has 2 aromatic carbocycles. The molecule has 41 heavy (non-hydrogen) atoms. The smallest absolute Gasteiger partial charge is 0.260 e. The number of piperazine rings is 1. The molecule has 1 aliphatic carbocycles. The number of rotatable bonds is 7. The Morgan fingerprint density at radius 2 is 1.76 bits per heavy atom. The molecule has 1 N–H and O–H groups in total. The Labute approximate surface area is 248 Å². The van der Waals surface area contributed by atoms with Gasteiger partial charge in [0.05, 0.1) is 5.02 Å². The minimum Gasteiger partial charge on any atom is -0.611 e. The van der Waals surface area contributed by atoms with Crippen molar-refractivity contribution in [1.82, 2.24) is 19.4 Å². The molecule has 1 saturated heterocycles. The summed E-state index contributed by atoms with van der Waals surface area (Å²) in [7, 11) is 2.15. The van der Waals surface area contributed by atoms with Crippen molar-refractivity contribution in [3.8, 4) is 11.1 Å². The quantitative estimate of drug-likeness (QED) is 0.277. The number of anilines is 3. The van der Waals surface area contributed by atoms with Crippen LogP contribution < -0.4 is 15.8 Å². The van der Waals surface area contributed by atoms with Crippen molar-refractivity contribution in [3.05, 3.63) is 70.1 Å². The number of aryl methyl sites for hydroxylation is 1. The van der Waals surface area contributed by atoms with E-state index in [2.05, 4.69) is 39.3 Å². The van der Waals surface area contributed by atoms with Gasteiger partial charge in [0.25, 0.3) is 5.56 Å². The maximum Gasteiger partial charge on any atom is 0.260 e. The zero-order valence-electron chi connectivity index (χ0n) is 23.5. The van der Waals surface area contributed by atoms with Crippen LogP contribution in [0.15, 0.2) is 64.4 Å². The van der Waals surface area contributed by atoms with Crippen molar-refractivity contribution in [1.29, 1.82) is 0 Å². The zero-order chi connectivity index (χ0) is 28.5. The van der Waals surface area contributed by atoms with Crippen LogP contribution in [0.5, 0.6) is 0 Å². The lowest BCUT2D eigenvalue weighted by Crippen LogP contribution is -2.44. The van der Waals surface area contributed by atoms with Gasteiger partial charge in [-0.15, -0.1) is 0 Å². The van der Waals surface area contributed by atoms with Crippen LogP contribution in [-0.2, 0) is 17.7 Å². The Kier molecular flexibility index (Phi) is 8.21. The molecule has 0 bridgehead atoms. The molecular weight excluding hydrogens is 556 g/mol. The highest BCUT2D eigenvalue weighted by Crippen LogP contribution is 2.34. The predicted molar refractivity (Wildman–Crippen MR) is 168 cm³/mol. The summed E-state index contributed by atoms with van der Waals surface area (Å²) >= 11 is 5.60. The molecule has 3 heterocycles. The fraction of sp³-hybridized carbons (Fsp3) is 0.387. The highest BCUT2D eigenvalue weighted by Gasteiger charge is 2.29. The molecule has 0 radical (unpaired) electrons. The van der Waals surface area contributed by atoms with Crippen LogP contribution in [0.4, 0.5) is 17.3 Å². The van der Waals surface area contributed by atoms with Crippen LogP contribution in [0.1, 0.15) is 32.6 Å². The summed E-state index contributed by atoms with van der Waals surface area (Å²) in [5, 5.41) is 4.64. The molecular formula is C31H35ClN6O2S. The Morgan fingerprint density at radius 3 is 2.44 bits per heavy atom. The Morgan fingerprint density at radius 1 is 1.02 bits per heavy atom. The third kappa shape index (κ3) is 5.81. The fourth-order valence-electron chi connectivity index (χ4n) is 5.79. The van der Waals surface area contributed by atoms with Crippen LogP contribution in [0.25, 0.3) is 22.2 Å². The lowest BCUT2D eigenvalue weighted by atomic mass is 10.1. The second kappa shape index (κ2) is 12.0. The first-order chi connectivity index (χ1) is 19.9. The highest BCUT2D eigenvalue weighted by molar-refractivity contribution is 7.92. The molecule has 10 heteroatoms. The zero-order valence-corrected chi connectivity index (χ0v) is 25.0. The molecule has 1 saturated carbocycles. The molecule has 6 rings (SSSR count). The second-order valence-corrected chi connectivity index (χ2v) is 13.0. The molecule has 0 spiro atoms. The number of pyridine rings is 1. The maximum absolute atomic E-state index is 13.6. The number of fused-ring (bicyclic) bond motifs is 1. The predicted octanol–water partition coefficient (Wildman–Crippen LogP) is 5.68. The van der Waals surface area contributed by atoms with Crippen LogP contribution in [0, 0.1) is 0 Å². The number of hydrogen-bond acceptors (Lipinski definition) is 7. The summed E-state index contributed by atoms with van der Waals surface area (Å²) in [5.74, 6) is 0.427. The number of hydrogen-bond donors (Lipinski definition) is 1. The number of likely N-dealkylation sites (N-methyl/N-ethyl adjacent to an activating group) is 1. The van der Waals surface area contributed by atoms with E-state index in [-0.39, 0.29) is 10.8 Å². The normalized spacial score (nSPS) is 17.3. The van der Waals surface area contributed by atoms with Gasteiger partial charge >= 0.3 is 0 Å². The fourth-order valence-corrected chi connectivity index (χ4v) is 7.72. The van der Waals surface area contributed by atoms with Gasteiger partial charge < -0.3 is 19.7 Å². The number of aromatic nitrogens is 3. The highest BCUT2D eigenvalue weighted by atomic mass is 35.5. The van der Waals surface area contributed by atoms with E-state index in [0.717, 1.165) is 67.8 Å². The standard InChI is InChI=1S/C31H35ClN6O2S/c1-3-38-29-21(18-27(30(38)39)26-13-12-25(19-28(26)32)41(40)24-6-4-5-7-24)20-33-31(35-29)34-22-8-10-23(11-9-22)37-16-14-36(2)15-17-37/h8-13,18-20,24H,3-7,14-17H2,1-2H3,(H,33,34,35). The largest absolute Gasteiger partial charge is 0.611 e. The first-order valence-corrected chi connectivity index (χ1v) is 15.9. The van der Waals surface area contributed by atoms with Gasteiger partial charge in [-0.1, -0.05) is 11.6 Å². The Balaban J connectivity index is 1.26. The van der Waals surface area contributed by atoms with E-state index in [1.54, 1.807) is 22.9 Å². The molecule has 1 atom stereocenters. The summed E-state index contributed by atoms with van der Waals surface area (Å²) in [6.07, 6.45) is 5.94. The first-order valence-electron chi connectivity index (χ1n) is 14.3. The van der Waals surface area contributed by atoms with Crippen LogP contribution in [0.3, 0.4) is 0 Å². The SMILES string of the molecule is CCn1c(=O)c(-c2ccc([S+]([O-])C3CCCC3)cc2Cl)cc2cnc(Nc3ccc(N4CCN(C)CC4)cc3)nc21. The molecule has 0 amide bonds. The lowest BCUT2D eigenvalue weighted by molar-refractivity contribution is 0.313. The molecule has 2 aliphatic rings. The molecule has 1 unspecified atom stereocenters. The second-order valence-electron chi connectivity index (χ2n) is 10.9. The van der Waals surface area contributed by atoms with Gasteiger partial charge in [-0.25, -0.2) is 4.98 Å². The van der Waals surface area contributed by atoms with E-state index in [1.165, 1.54) is 5.69 Å². The van der Waals surface area contributed by atoms with Gasteiger partial charge in [-0.3, -0.25) is 9.36 Å². The van der Waals surface area contributed by atoms with E-state index in [9.17, 15) is 9.35 Å². The summed E-state index contributed by atoms with van der Waals surface area (Å²) in [4.78, 5) is 28.3. The number of nitrogens with zero attached hydrogens (tertiary/aromatic N) is 5. The molecule has 1 aliphatic heterocycles. The molecule has 2 fully saturated rings. The summed E-state index contributed by atoms with van der Waals surface area (Å²) in [6.45, 7) is 6.52. The van der Waals surface area contributed by atoms with E-state index < -0.39 is 11.2 Å². The van der Waals surface area contributed by atoms with Crippen molar-refractivity contribution in [3.63, 3.8) is 0 Å². The Bertz CT molecular complexity index is 1600. The van der Waals surface area contributed by atoms with E-state index in [1.807, 2.05) is 31.2 Å². The molecule has 214 valence electrons. The van der Waals surface area contributed by atoms with Gasteiger partial charge in [0, 0.05) is 72.9 Å². The number of halogens is 1. The molecule has 2 aromatic heterocycles. The van der Waals surface area contributed by atoms with E-state index in [4.69, 9.17) is 16.6 Å². The van der Waals surface area contributed by atoms with Crippen molar-refractivity contribution >= 4 is 51.1 Å². The third-order valence-electron chi connectivity index (χ3n) is 8.20. The molecule has 8 nitrogen and oxygen atoms in total. The average molecular weight is 591 g/mol. The van der Waals surface area contributed by atoms with Gasteiger partial charge in [0.2, 0.25) is 5.95 Å². The summed E-state index contributed by atoms with van der Waals surface area (Å²) in [5.41, 5.74) is 3.57. The van der Waals surface area contributed by atoms with Crippen LogP contribution in [-0.4, -0.2) is 62.5 Å². The van der Waals surface area contributed by atoms with E-state index >= 15 is 0 Å². The average Bonchev–Trinajstić information content (AvgIpc) is 3.53. The number of benzene rings is 2. The van der Waals surface area contributed by atoms with Crippen LogP contribution in [0.2, 0.25) is 5.02 Å². The monoisotopic (exact) mass is 590 g/mol. The first kappa shape index (κ1) is 28.0. The van der Waals surface area contributed by atoms with E-state index in [0.29, 0.717) is 34.3 Å².